The minimum atomic E-state index is 0.357. The van der Waals surface area contributed by atoms with Crippen molar-refractivity contribution in [1.29, 1.82) is 0 Å². The van der Waals surface area contributed by atoms with Gasteiger partial charge in [0.05, 0.1) is 6.21 Å². The first-order valence-corrected chi connectivity index (χ1v) is 8.92. The second kappa shape index (κ2) is 8.04. The molecule has 3 aromatic rings. The molecule has 0 saturated heterocycles. The molecule has 0 bridgehead atoms. The first-order valence-electron chi connectivity index (χ1n) is 7.56. The minimum absolute atomic E-state index is 0.357. The van der Waals surface area contributed by atoms with Gasteiger partial charge in [-0.3, -0.25) is 0 Å². The van der Waals surface area contributed by atoms with Crippen LogP contribution in [0, 0.1) is 6.92 Å². The highest BCUT2D eigenvalue weighted by Gasteiger charge is 2.09. The number of aromatic nitrogens is 3. The number of anilines is 1. The summed E-state index contributed by atoms with van der Waals surface area (Å²) in [5.41, 5.74) is 6.01. The third-order valence-electron chi connectivity index (χ3n) is 3.39. The number of hydrogen-bond acceptors (Lipinski definition) is 6. The van der Waals surface area contributed by atoms with Crippen LogP contribution in [-0.4, -0.2) is 21.1 Å². The van der Waals surface area contributed by atoms with Crippen molar-refractivity contribution in [2.45, 2.75) is 17.8 Å². The van der Waals surface area contributed by atoms with Gasteiger partial charge >= 0.3 is 0 Å². The van der Waals surface area contributed by atoms with E-state index in [0.29, 0.717) is 16.1 Å². The molecule has 0 spiro atoms. The van der Waals surface area contributed by atoms with Crippen molar-refractivity contribution < 1.29 is 0 Å². The Bertz CT molecular complexity index is 892. The fourth-order valence-electron chi connectivity index (χ4n) is 2.14. The SMILES string of the molecule is Cc1cccc(CSc2nnc(N/N=C/c3ccccc3Cl)n2N)c1. The summed E-state index contributed by atoms with van der Waals surface area (Å²) in [5, 5.41) is 13.4. The molecule has 1 aromatic heterocycles. The smallest absolute Gasteiger partial charge is 0.264 e. The molecule has 0 amide bonds. The number of thioether (sulfide) groups is 1. The molecule has 3 rings (SSSR count). The Morgan fingerprint density at radius 2 is 2.08 bits per heavy atom. The van der Waals surface area contributed by atoms with Crippen molar-refractivity contribution in [1.82, 2.24) is 14.9 Å². The van der Waals surface area contributed by atoms with Crippen molar-refractivity contribution in [3.63, 3.8) is 0 Å². The predicted molar refractivity (Wildman–Crippen MR) is 104 cm³/mol. The molecule has 1 heterocycles. The zero-order chi connectivity index (χ0) is 17.6. The maximum atomic E-state index is 6.07. The predicted octanol–water partition coefficient (Wildman–Crippen LogP) is 3.69. The molecular formula is C17H17ClN6S. The lowest BCUT2D eigenvalue weighted by molar-refractivity contribution is 0.847. The number of hydrazone groups is 1. The van der Waals surface area contributed by atoms with E-state index in [4.69, 9.17) is 17.4 Å². The lowest BCUT2D eigenvalue weighted by Gasteiger charge is -2.04. The van der Waals surface area contributed by atoms with Crippen LogP contribution in [0.1, 0.15) is 16.7 Å². The van der Waals surface area contributed by atoms with Crippen LogP contribution in [0.25, 0.3) is 0 Å². The summed E-state index contributed by atoms with van der Waals surface area (Å²) in [6.45, 7) is 2.07. The third-order valence-corrected chi connectivity index (χ3v) is 4.75. The van der Waals surface area contributed by atoms with Crippen LogP contribution in [0.5, 0.6) is 0 Å². The number of nitrogens with one attached hydrogen (secondary N) is 1. The Balaban J connectivity index is 1.62. The molecule has 3 N–H and O–H groups in total. The summed E-state index contributed by atoms with van der Waals surface area (Å²) < 4.78 is 1.38. The molecule has 0 saturated carbocycles. The minimum Gasteiger partial charge on any atom is -0.334 e. The van der Waals surface area contributed by atoms with Gasteiger partial charge in [-0.05, 0) is 18.6 Å². The molecule has 128 valence electrons. The fourth-order valence-corrected chi connectivity index (χ4v) is 3.12. The van der Waals surface area contributed by atoms with Gasteiger partial charge in [0.25, 0.3) is 5.95 Å². The number of benzene rings is 2. The van der Waals surface area contributed by atoms with E-state index in [1.54, 1.807) is 12.3 Å². The summed E-state index contributed by atoms with van der Waals surface area (Å²) in [6.07, 6.45) is 1.61. The average molecular weight is 373 g/mol. The monoisotopic (exact) mass is 372 g/mol. The van der Waals surface area contributed by atoms with Gasteiger partial charge < -0.3 is 5.84 Å². The van der Waals surface area contributed by atoms with Gasteiger partial charge in [0.2, 0.25) is 5.16 Å². The van der Waals surface area contributed by atoms with Gasteiger partial charge in [-0.15, -0.1) is 10.2 Å². The van der Waals surface area contributed by atoms with E-state index in [1.807, 2.05) is 24.3 Å². The fraction of sp³-hybridized carbons (Fsp3) is 0.118. The number of hydrogen-bond donors (Lipinski definition) is 2. The molecule has 0 radical (unpaired) electrons. The molecule has 0 aliphatic heterocycles. The zero-order valence-electron chi connectivity index (χ0n) is 13.6. The summed E-state index contributed by atoms with van der Waals surface area (Å²) in [4.78, 5) is 0. The van der Waals surface area contributed by atoms with Crippen molar-refractivity contribution in [3.8, 4) is 0 Å². The Labute approximate surface area is 155 Å². The lowest BCUT2D eigenvalue weighted by atomic mass is 10.2. The Hall–Kier alpha value is -2.51. The van der Waals surface area contributed by atoms with E-state index in [9.17, 15) is 0 Å². The molecular weight excluding hydrogens is 356 g/mol. The normalized spacial score (nSPS) is 11.1. The largest absolute Gasteiger partial charge is 0.334 e. The number of nitrogens with zero attached hydrogens (tertiary/aromatic N) is 4. The number of nitrogen functional groups attached to an aromatic ring is 1. The Morgan fingerprint density at radius 1 is 1.24 bits per heavy atom. The van der Waals surface area contributed by atoms with E-state index in [0.717, 1.165) is 11.3 Å². The second-order valence-corrected chi connectivity index (χ2v) is 6.70. The molecule has 6 nitrogen and oxygen atoms in total. The summed E-state index contributed by atoms with van der Waals surface area (Å²) in [7, 11) is 0. The van der Waals surface area contributed by atoms with Gasteiger partial charge in [-0.25, -0.2) is 10.1 Å². The number of halogens is 1. The molecule has 0 aliphatic carbocycles. The highest BCUT2D eigenvalue weighted by Crippen LogP contribution is 2.22. The number of aryl methyl sites for hydroxylation is 1. The van der Waals surface area contributed by atoms with Gasteiger partial charge in [0.15, 0.2) is 0 Å². The van der Waals surface area contributed by atoms with E-state index in [1.165, 1.54) is 27.6 Å². The maximum Gasteiger partial charge on any atom is 0.264 e. The van der Waals surface area contributed by atoms with E-state index in [2.05, 4.69) is 45.8 Å². The quantitative estimate of drug-likeness (QED) is 0.298. The molecule has 0 fully saturated rings. The summed E-state index contributed by atoms with van der Waals surface area (Å²) in [5.74, 6) is 7.14. The van der Waals surface area contributed by atoms with Crippen LogP contribution >= 0.6 is 23.4 Å². The summed E-state index contributed by atoms with van der Waals surface area (Å²) in [6, 6.07) is 15.7. The van der Waals surface area contributed by atoms with Crippen LogP contribution < -0.4 is 11.3 Å². The third kappa shape index (κ3) is 4.52. The maximum absolute atomic E-state index is 6.07. The first kappa shape index (κ1) is 17.3. The number of rotatable bonds is 6. The Kier molecular flexibility index (Phi) is 5.57. The zero-order valence-corrected chi connectivity index (χ0v) is 15.1. The van der Waals surface area contributed by atoms with Crippen LogP contribution in [0.15, 0.2) is 58.8 Å². The highest BCUT2D eigenvalue weighted by atomic mass is 35.5. The average Bonchev–Trinajstić information content (AvgIpc) is 2.95. The van der Waals surface area contributed by atoms with Crippen molar-refractivity contribution >= 4 is 35.5 Å². The van der Waals surface area contributed by atoms with Gasteiger partial charge in [0.1, 0.15) is 0 Å². The molecule has 0 atom stereocenters. The second-order valence-electron chi connectivity index (χ2n) is 5.35. The van der Waals surface area contributed by atoms with E-state index < -0.39 is 0 Å². The van der Waals surface area contributed by atoms with Crippen LogP contribution in [0.3, 0.4) is 0 Å². The van der Waals surface area contributed by atoms with E-state index in [-0.39, 0.29) is 0 Å². The Morgan fingerprint density at radius 3 is 2.88 bits per heavy atom. The van der Waals surface area contributed by atoms with Gasteiger partial charge in [-0.2, -0.15) is 5.10 Å². The van der Waals surface area contributed by atoms with Crippen LogP contribution in [0.4, 0.5) is 5.95 Å². The molecule has 0 unspecified atom stereocenters. The van der Waals surface area contributed by atoms with Crippen molar-refractivity contribution in [3.05, 3.63) is 70.2 Å². The topological polar surface area (TPSA) is 81.1 Å². The first-order chi connectivity index (χ1) is 12.1. The van der Waals surface area contributed by atoms with Crippen LogP contribution in [0.2, 0.25) is 5.02 Å². The van der Waals surface area contributed by atoms with Crippen molar-refractivity contribution in [2.75, 3.05) is 11.3 Å². The molecule has 8 heteroatoms. The standard InChI is InChI=1S/C17H17ClN6S/c1-12-5-4-6-13(9-12)11-25-17-23-22-16(24(17)19)21-20-10-14-7-2-3-8-15(14)18/h2-10H,11,19H2,1H3,(H,21,22)/b20-10+. The van der Waals surface area contributed by atoms with Crippen molar-refractivity contribution in [2.24, 2.45) is 5.10 Å². The van der Waals surface area contributed by atoms with Gasteiger partial charge in [-0.1, -0.05) is 71.4 Å². The van der Waals surface area contributed by atoms with Gasteiger partial charge in [0, 0.05) is 16.3 Å². The molecule has 0 aliphatic rings. The number of nitrogens with two attached hydrogens (primary N) is 1. The lowest BCUT2D eigenvalue weighted by Crippen LogP contribution is -2.13. The van der Waals surface area contributed by atoms with Crippen LogP contribution in [-0.2, 0) is 5.75 Å². The molecule has 2 aromatic carbocycles. The molecule has 25 heavy (non-hydrogen) atoms. The summed E-state index contributed by atoms with van der Waals surface area (Å²) >= 11 is 7.59. The highest BCUT2D eigenvalue weighted by molar-refractivity contribution is 7.98. The van der Waals surface area contributed by atoms with E-state index >= 15 is 0 Å².